The van der Waals surface area contributed by atoms with Crippen LogP contribution in [0.4, 0.5) is 17.1 Å². The van der Waals surface area contributed by atoms with E-state index in [0.717, 1.165) is 5.92 Å². The van der Waals surface area contributed by atoms with Crippen LogP contribution in [0.1, 0.15) is 101 Å². The molecule has 0 N–H and O–H groups in total. The first-order valence-electron chi connectivity index (χ1n) is 21.3. The van der Waals surface area contributed by atoms with Crippen molar-refractivity contribution in [1.82, 2.24) is 0 Å². The third-order valence-corrected chi connectivity index (χ3v) is 16.2. The summed E-state index contributed by atoms with van der Waals surface area (Å²) in [6.45, 7) is 7.36. The molecule has 7 aromatic rings. The number of thiophene rings is 1. The molecule has 6 aromatic carbocycles. The fraction of sp³-hybridized carbons (Fsp3) is 0.321. The van der Waals surface area contributed by atoms with Gasteiger partial charge in [0.2, 0.25) is 0 Å². The van der Waals surface area contributed by atoms with Crippen molar-refractivity contribution in [1.29, 1.82) is 0 Å². The monoisotopic (exact) mass is 733 g/mol. The summed E-state index contributed by atoms with van der Waals surface area (Å²) >= 11 is 1.91. The first-order valence-corrected chi connectivity index (χ1v) is 22.1. The second kappa shape index (κ2) is 12.7. The first-order chi connectivity index (χ1) is 27.1. The predicted octanol–water partition coefficient (Wildman–Crippen LogP) is 15.5. The van der Waals surface area contributed by atoms with E-state index < -0.39 is 0 Å². The summed E-state index contributed by atoms with van der Waals surface area (Å²) in [4.78, 5) is 2.66. The molecule has 2 heteroatoms. The normalized spacial score (nSPS) is 23.0. The zero-order valence-electron chi connectivity index (χ0n) is 32.6. The maximum absolute atomic E-state index is 2.66. The van der Waals surface area contributed by atoms with E-state index in [1.165, 1.54) is 123 Å². The molecule has 0 aliphatic heterocycles. The molecule has 2 fully saturated rings. The molecule has 1 nitrogen and oxygen atoms in total. The van der Waals surface area contributed by atoms with Crippen molar-refractivity contribution in [3.05, 3.63) is 150 Å². The van der Waals surface area contributed by atoms with Gasteiger partial charge in [-0.25, -0.2) is 0 Å². The average molecular weight is 734 g/mol. The zero-order valence-corrected chi connectivity index (χ0v) is 33.4. The van der Waals surface area contributed by atoms with Gasteiger partial charge in [0.1, 0.15) is 0 Å². The number of nitrogens with zero attached hydrogens (tertiary/aromatic N) is 1. The standard InChI is InChI=1S/C53H51NS/c1-4-34-30-35(5-2)53(36(6-3)31-34)45-20-11-8-18-42(45)51-46(53)21-15-22-48(51)54(37-25-27-50-43(32-37)41-17-9-12-23-49(41)55-50)38-24-26-40-39-16-7-10-19-44(39)52(47(40)33-38)28-13-14-29-52/h7-12,15-27,32-36H,4-6,13-14,28-31H2,1-3H3. The number of hydrogen-bond donors (Lipinski definition) is 0. The number of rotatable bonds is 6. The summed E-state index contributed by atoms with van der Waals surface area (Å²) < 4.78 is 2.71. The summed E-state index contributed by atoms with van der Waals surface area (Å²) in [5.74, 6) is 2.05. The van der Waals surface area contributed by atoms with Gasteiger partial charge in [0.15, 0.2) is 0 Å². The van der Waals surface area contributed by atoms with Crippen molar-refractivity contribution >= 4 is 48.6 Å². The SMILES string of the molecule is CCC1CC(CC)C2(c3ccccc3-c3c(N(c4ccc5c(c4)C4(CCCC4)c4ccccc4-5)c4ccc5sc6ccccc6c5c4)cccc32)C(CC)C1. The van der Waals surface area contributed by atoms with Crippen molar-refractivity contribution in [2.24, 2.45) is 17.8 Å². The number of benzene rings is 6. The Morgan fingerprint density at radius 3 is 1.96 bits per heavy atom. The fourth-order valence-corrected chi connectivity index (χ4v) is 13.8. The highest BCUT2D eigenvalue weighted by molar-refractivity contribution is 7.25. The molecule has 2 unspecified atom stereocenters. The Morgan fingerprint density at radius 1 is 0.545 bits per heavy atom. The van der Waals surface area contributed by atoms with Gasteiger partial charge in [-0.05, 0) is 125 Å². The van der Waals surface area contributed by atoms with E-state index in [-0.39, 0.29) is 10.8 Å². The third kappa shape index (κ3) is 4.58. The molecule has 2 saturated carbocycles. The minimum absolute atomic E-state index is 0.0315. The van der Waals surface area contributed by atoms with Crippen LogP contribution < -0.4 is 4.90 Å². The molecule has 2 spiro atoms. The highest BCUT2D eigenvalue weighted by Crippen LogP contribution is 2.65. The van der Waals surface area contributed by atoms with Crippen LogP contribution in [-0.4, -0.2) is 0 Å². The Kier molecular flexibility index (Phi) is 7.76. The van der Waals surface area contributed by atoms with E-state index in [2.05, 4.69) is 153 Å². The minimum atomic E-state index is 0.0315. The molecular weight excluding hydrogens is 683 g/mol. The fourth-order valence-electron chi connectivity index (χ4n) is 12.7. The Morgan fingerprint density at radius 2 is 1.18 bits per heavy atom. The molecule has 274 valence electrons. The molecule has 1 aromatic heterocycles. The van der Waals surface area contributed by atoms with Crippen LogP contribution in [0, 0.1) is 17.8 Å². The van der Waals surface area contributed by atoms with Crippen LogP contribution in [0.3, 0.4) is 0 Å². The molecular formula is C53H51NS. The molecule has 11 rings (SSSR count). The molecule has 0 amide bonds. The summed E-state index contributed by atoms with van der Waals surface area (Å²) in [6.07, 6.45) is 11.4. The topological polar surface area (TPSA) is 3.24 Å². The Bertz CT molecular complexity index is 2600. The van der Waals surface area contributed by atoms with Crippen LogP contribution in [0.25, 0.3) is 42.4 Å². The van der Waals surface area contributed by atoms with Crippen molar-refractivity contribution in [2.45, 2.75) is 89.4 Å². The lowest BCUT2D eigenvalue weighted by molar-refractivity contribution is 0.0905. The van der Waals surface area contributed by atoms with Gasteiger partial charge in [0, 0.05) is 47.9 Å². The van der Waals surface area contributed by atoms with E-state index in [4.69, 9.17) is 0 Å². The number of fused-ring (bicyclic) bond motifs is 13. The lowest BCUT2D eigenvalue weighted by Gasteiger charge is -2.51. The summed E-state index contributed by atoms with van der Waals surface area (Å²) in [7, 11) is 0. The molecule has 55 heavy (non-hydrogen) atoms. The van der Waals surface area contributed by atoms with Crippen LogP contribution in [0.2, 0.25) is 0 Å². The lowest BCUT2D eigenvalue weighted by atomic mass is 9.52. The molecule has 2 atom stereocenters. The molecule has 0 saturated heterocycles. The van der Waals surface area contributed by atoms with Gasteiger partial charge in [0.05, 0.1) is 5.69 Å². The van der Waals surface area contributed by atoms with Crippen molar-refractivity contribution in [3.63, 3.8) is 0 Å². The van der Waals surface area contributed by atoms with E-state index in [0.29, 0.717) is 11.8 Å². The smallest absolute Gasteiger partial charge is 0.0543 e. The average Bonchev–Trinajstić information content (AvgIpc) is 4.01. The maximum atomic E-state index is 2.66. The summed E-state index contributed by atoms with van der Waals surface area (Å²) in [6, 6.07) is 50.0. The van der Waals surface area contributed by atoms with Crippen LogP contribution in [0.5, 0.6) is 0 Å². The quantitative estimate of drug-likeness (QED) is 0.164. The molecule has 0 bridgehead atoms. The van der Waals surface area contributed by atoms with E-state index in [1.807, 2.05) is 11.3 Å². The van der Waals surface area contributed by atoms with Gasteiger partial charge in [-0.2, -0.15) is 0 Å². The van der Waals surface area contributed by atoms with E-state index in [1.54, 1.807) is 16.7 Å². The van der Waals surface area contributed by atoms with Gasteiger partial charge in [0.25, 0.3) is 0 Å². The first kappa shape index (κ1) is 33.7. The summed E-state index contributed by atoms with van der Waals surface area (Å²) in [5, 5.41) is 2.70. The molecule has 0 radical (unpaired) electrons. The van der Waals surface area contributed by atoms with E-state index >= 15 is 0 Å². The molecule has 4 aliphatic carbocycles. The minimum Gasteiger partial charge on any atom is -0.310 e. The van der Waals surface area contributed by atoms with Gasteiger partial charge < -0.3 is 4.90 Å². The maximum Gasteiger partial charge on any atom is 0.0543 e. The Hall–Kier alpha value is -4.66. The zero-order chi connectivity index (χ0) is 36.9. The Labute approximate surface area is 331 Å². The van der Waals surface area contributed by atoms with Crippen LogP contribution in [-0.2, 0) is 10.8 Å². The Balaban J connectivity index is 1.19. The highest BCUT2D eigenvalue weighted by atomic mass is 32.1. The van der Waals surface area contributed by atoms with E-state index in [9.17, 15) is 0 Å². The van der Waals surface area contributed by atoms with Crippen LogP contribution in [0.15, 0.2) is 127 Å². The second-order valence-corrected chi connectivity index (χ2v) is 18.3. The lowest BCUT2D eigenvalue weighted by Crippen LogP contribution is -2.47. The van der Waals surface area contributed by atoms with Gasteiger partial charge in [-0.15, -0.1) is 11.3 Å². The summed E-state index contributed by atoms with van der Waals surface area (Å²) in [5.41, 5.74) is 16.0. The van der Waals surface area contributed by atoms with Crippen LogP contribution >= 0.6 is 11.3 Å². The van der Waals surface area contributed by atoms with Gasteiger partial charge in [-0.3, -0.25) is 0 Å². The molecule has 4 aliphatic rings. The predicted molar refractivity (Wildman–Crippen MR) is 235 cm³/mol. The van der Waals surface area contributed by atoms with Crippen molar-refractivity contribution in [2.75, 3.05) is 4.90 Å². The highest BCUT2D eigenvalue weighted by Gasteiger charge is 2.56. The molecule has 1 heterocycles. The van der Waals surface area contributed by atoms with Gasteiger partial charge in [-0.1, -0.05) is 138 Å². The largest absolute Gasteiger partial charge is 0.310 e. The van der Waals surface area contributed by atoms with Gasteiger partial charge >= 0.3 is 0 Å². The van der Waals surface area contributed by atoms with Crippen molar-refractivity contribution < 1.29 is 0 Å². The van der Waals surface area contributed by atoms with Crippen molar-refractivity contribution in [3.8, 4) is 22.3 Å². The number of anilines is 3. The third-order valence-electron chi connectivity index (χ3n) is 15.0. The second-order valence-electron chi connectivity index (χ2n) is 17.2. The number of hydrogen-bond acceptors (Lipinski definition) is 2.